The summed E-state index contributed by atoms with van der Waals surface area (Å²) in [7, 11) is 1.47. The minimum Gasteiger partial charge on any atom is -0.495 e. The molecule has 168 valence electrons. The molecule has 0 radical (unpaired) electrons. The second-order valence-electron chi connectivity index (χ2n) is 7.36. The second kappa shape index (κ2) is 9.42. The van der Waals surface area contributed by atoms with Gasteiger partial charge in [-0.05, 0) is 60.0 Å². The largest absolute Gasteiger partial charge is 0.495 e. The van der Waals surface area contributed by atoms with Crippen LogP contribution in [0.2, 0.25) is 5.02 Å². The lowest BCUT2D eigenvalue weighted by atomic mass is 10.0. The fourth-order valence-corrected chi connectivity index (χ4v) is 3.76. The molecule has 5 nitrogen and oxygen atoms in total. The van der Waals surface area contributed by atoms with Crippen molar-refractivity contribution in [2.45, 2.75) is 6.42 Å². The van der Waals surface area contributed by atoms with Gasteiger partial charge in [-0.15, -0.1) is 0 Å². The summed E-state index contributed by atoms with van der Waals surface area (Å²) in [5, 5.41) is 3.40. The quantitative estimate of drug-likeness (QED) is 0.492. The number of halogens is 3. The maximum Gasteiger partial charge on any atom is 0.278 e. The average Bonchev–Trinajstić information content (AvgIpc) is 3.03. The molecule has 0 saturated carbocycles. The lowest BCUT2D eigenvalue weighted by Crippen LogP contribution is -2.34. The van der Waals surface area contributed by atoms with E-state index in [4.69, 9.17) is 16.3 Å². The molecular weight excluding hydrogens is 450 g/mol. The van der Waals surface area contributed by atoms with Gasteiger partial charge in [-0.2, -0.15) is 0 Å². The Bertz CT molecular complexity index is 1240. The van der Waals surface area contributed by atoms with E-state index in [0.717, 1.165) is 10.5 Å². The zero-order valence-electron chi connectivity index (χ0n) is 17.6. The van der Waals surface area contributed by atoms with Gasteiger partial charge in [0.2, 0.25) is 0 Å². The number of methoxy groups -OCH3 is 1. The van der Waals surface area contributed by atoms with Crippen molar-refractivity contribution in [3.05, 3.63) is 100 Å². The third-order valence-corrected chi connectivity index (χ3v) is 5.49. The van der Waals surface area contributed by atoms with Gasteiger partial charge in [0.15, 0.2) is 0 Å². The first-order chi connectivity index (χ1) is 15.9. The van der Waals surface area contributed by atoms with E-state index in [-0.39, 0.29) is 23.6 Å². The summed E-state index contributed by atoms with van der Waals surface area (Å²) >= 11 is 6.11. The molecule has 4 rings (SSSR count). The maximum atomic E-state index is 13.5. The Hall–Kier alpha value is -3.71. The Balaban J connectivity index is 1.69. The summed E-state index contributed by atoms with van der Waals surface area (Å²) in [6.45, 7) is 0.0891. The molecule has 0 spiro atoms. The van der Waals surface area contributed by atoms with Gasteiger partial charge in [0, 0.05) is 11.6 Å². The van der Waals surface area contributed by atoms with Gasteiger partial charge in [0.05, 0.1) is 18.4 Å². The van der Waals surface area contributed by atoms with E-state index in [9.17, 15) is 18.4 Å². The van der Waals surface area contributed by atoms with Crippen LogP contribution in [0.25, 0.3) is 5.57 Å². The number of carbonyl (C=O) groups is 2. The Morgan fingerprint density at radius 3 is 2.18 bits per heavy atom. The van der Waals surface area contributed by atoms with Gasteiger partial charge < -0.3 is 10.1 Å². The zero-order chi connectivity index (χ0) is 23.5. The molecule has 0 aliphatic carbocycles. The molecular formula is C25H19ClF2N2O3. The van der Waals surface area contributed by atoms with Gasteiger partial charge in [-0.25, -0.2) is 8.78 Å². The van der Waals surface area contributed by atoms with Crippen molar-refractivity contribution in [1.82, 2.24) is 4.90 Å². The van der Waals surface area contributed by atoms with Gasteiger partial charge in [0.25, 0.3) is 11.8 Å². The van der Waals surface area contributed by atoms with Crippen LogP contribution in [-0.2, 0) is 16.0 Å². The van der Waals surface area contributed by atoms with Crippen LogP contribution < -0.4 is 10.1 Å². The third kappa shape index (κ3) is 4.73. The van der Waals surface area contributed by atoms with Gasteiger partial charge in [-0.1, -0.05) is 35.9 Å². The molecule has 0 unspecified atom stereocenters. The van der Waals surface area contributed by atoms with Crippen molar-refractivity contribution in [2.24, 2.45) is 0 Å². The number of carbonyl (C=O) groups excluding carboxylic acids is 2. The molecule has 0 fully saturated rings. The fraction of sp³-hybridized carbons (Fsp3) is 0.120. The standard InChI is InChI=1S/C25H19ClF2N2O3/c1-33-21-11-6-17(26)14-20(21)29-23-22(16-4-9-19(28)10-5-16)24(31)30(25(23)32)13-12-15-2-7-18(27)8-3-15/h2-11,14,29H,12-13H2,1H3. The molecule has 2 amide bonds. The van der Waals surface area contributed by atoms with Crippen molar-refractivity contribution in [3.8, 4) is 5.75 Å². The van der Waals surface area contributed by atoms with Crippen molar-refractivity contribution in [1.29, 1.82) is 0 Å². The van der Waals surface area contributed by atoms with E-state index in [0.29, 0.717) is 28.4 Å². The Morgan fingerprint density at radius 1 is 0.909 bits per heavy atom. The van der Waals surface area contributed by atoms with Crippen LogP contribution in [0, 0.1) is 11.6 Å². The Morgan fingerprint density at radius 2 is 1.55 bits per heavy atom. The number of ether oxygens (including phenoxy) is 1. The predicted molar refractivity (Wildman–Crippen MR) is 122 cm³/mol. The van der Waals surface area contributed by atoms with E-state index >= 15 is 0 Å². The third-order valence-electron chi connectivity index (χ3n) is 5.26. The smallest absolute Gasteiger partial charge is 0.278 e. The van der Waals surface area contributed by atoms with Crippen molar-refractivity contribution < 1.29 is 23.1 Å². The van der Waals surface area contributed by atoms with Crippen LogP contribution in [0.1, 0.15) is 11.1 Å². The number of anilines is 1. The molecule has 8 heteroatoms. The van der Waals surface area contributed by atoms with Crippen LogP contribution in [0.4, 0.5) is 14.5 Å². The number of nitrogens with one attached hydrogen (secondary N) is 1. The van der Waals surface area contributed by atoms with Crippen LogP contribution in [-0.4, -0.2) is 30.4 Å². The van der Waals surface area contributed by atoms with Crippen LogP contribution in [0.3, 0.4) is 0 Å². The van der Waals surface area contributed by atoms with E-state index in [1.807, 2.05) is 0 Å². The highest BCUT2D eigenvalue weighted by Gasteiger charge is 2.39. The number of amides is 2. The number of nitrogens with zero attached hydrogens (tertiary/aromatic N) is 1. The van der Waals surface area contributed by atoms with Gasteiger partial charge in [-0.3, -0.25) is 14.5 Å². The molecule has 0 bridgehead atoms. The van der Waals surface area contributed by atoms with E-state index in [1.165, 1.54) is 43.5 Å². The molecule has 0 atom stereocenters. The highest BCUT2D eigenvalue weighted by Crippen LogP contribution is 2.34. The second-order valence-corrected chi connectivity index (χ2v) is 7.80. The molecule has 1 aliphatic rings. The summed E-state index contributed by atoms with van der Waals surface area (Å²) in [5.74, 6) is -1.46. The molecule has 0 saturated heterocycles. The summed E-state index contributed by atoms with van der Waals surface area (Å²) in [6.07, 6.45) is 0.349. The van der Waals surface area contributed by atoms with Crippen molar-refractivity contribution in [3.63, 3.8) is 0 Å². The number of rotatable bonds is 7. The van der Waals surface area contributed by atoms with Gasteiger partial charge >= 0.3 is 0 Å². The highest BCUT2D eigenvalue weighted by atomic mass is 35.5. The van der Waals surface area contributed by atoms with Crippen molar-refractivity contribution in [2.75, 3.05) is 19.0 Å². The number of imide groups is 1. The number of benzene rings is 3. The number of hydrogen-bond donors (Lipinski definition) is 1. The minimum atomic E-state index is -0.538. The van der Waals surface area contributed by atoms with Crippen LogP contribution in [0.15, 0.2) is 72.4 Å². The first-order valence-corrected chi connectivity index (χ1v) is 10.5. The molecule has 3 aromatic rings. The average molecular weight is 469 g/mol. The molecule has 0 aromatic heterocycles. The Labute approximate surface area is 194 Å². The number of hydrogen-bond acceptors (Lipinski definition) is 4. The molecule has 1 N–H and O–H groups in total. The monoisotopic (exact) mass is 468 g/mol. The molecule has 1 heterocycles. The van der Waals surface area contributed by atoms with Crippen LogP contribution in [0.5, 0.6) is 5.75 Å². The summed E-state index contributed by atoms with van der Waals surface area (Å²) in [5.41, 5.74) is 1.72. The summed E-state index contributed by atoms with van der Waals surface area (Å²) < 4.78 is 32.0. The first-order valence-electron chi connectivity index (χ1n) is 10.1. The summed E-state index contributed by atoms with van der Waals surface area (Å²) in [4.78, 5) is 27.7. The first kappa shape index (κ1) is 22.5. The summed E-state index contributed by atoms with van der Waals surface area (Å²) in [6, 6.07) is 16.0. The molecule has 33 heavy (non-hydrogen) atoms. The molecule has 3 aromatic carbocycles. The zero-order valence-corrected chi connectivity index (χ0v) is 18.3. The fourth-order valence-electron chi connectivity index (χ4n) is 3.58. The van der Waals surface area contributed by atoms with Gasteiger partial charge in [0.1, 0.15) is 23.1 Å². The molecule has 1 aliphatic heterocycles. The minimum absolute atomic E-state index is 0.0336. The lowest BCUT2D eigenvalue weighted by molar-refractivity contribution is -0.136. The van der Waals surface area contributed by atoms with E-state index in [1.54, 1.807) is 30.3 Å². The Kier molecular flexibility index (Phi) is 6.42. The van der Waals surface area contributed by atoms with Crippen molar-refractivity contribution >= 4 is 34.7 Å². The van der Waals surface area contributed by atoms with Crippen LogP contribution >= 0.6 is 11.6 Å². The predicted octanol–water partition coefficient (Wildman–Crippen LogP) is 5.06. The maximum absolute atomic E-state index is 13.5. The lowest BCUT2D eigenvalue weighted by Gasteiger charge is -2.16. The van der Waals surface area contributed by atoms with E-state index < -0.39 is 17.6 Å². The topological polar surface area (TPSA) is 58.6 Å². The normalized spacial score (nSPS) is 13.6. The van der Waals surface area contributed by atoms with E-state index in [2.05, 4.69) is 5.32 Å². The SMILES string of the molecule is COc1ccc(Cl)cc1NC1=C(c2ccc(F)cc2)C(=O)N(CCc2ccc(F)cc2)C1=O. The highest BCUT2D eigenvalue weighted by molar-refractivity contribution is 6.36.